The molecule has 2 heterocycles. The van der Waals surface area contributed by atoms with Crippen LogP contribution < -0.4 is 11.2 Å². The molecule has 0 atom stereocenters. The number of thiophene rings is 1. The Kier molecular flexibility index (Phi) is 4.97. The molecule has 0 amide bonds. The Morgan fingerprint density at radius 1 is 0.966 bits per heavy atom. The van der Waals surface area contributed by atoms with Crippen molar-refractivity contribution in [2.75, 3.05) is 0 Å². The molecule has 29 heavy (non-hydrogen) atoms. The third-order valence-corrected chi connectivity index (χ3v) is 7.08. The van der Waals surface area contributed by atoms with Crippen LogP contribution in [0.25, 0.3) is 15.9 Å². The van der Waals surface area contributed by atoms with Gasteiger partial charge in [-0.3, -0.25) is 9.36 Å². The van der Waals surface area contributed by atoms with Gasteiger partial charge in [0.1, 0.15) is 4.83 Å². The molecule has 2 aromatic carbocycles. The quantitative estimate of drug-likeness (QED) is 0.456. The highest BCUT2D eigenvalue weighted by atomic mass is 35.5. The molecular formula is C23H21ClN2O2S. The SMILES string of the molecule is Cc1ccc(-n2c(=O)c3c(C)c(C)sc3n(Cc3ccccc3Cl)c2=O)cc1C. The van der Waals surface area contributed by atoms with Crippen molar-refractivity contribution in [1.29, 1.82) is 0 Å². The van der Waals surface area contributed by atoms with Gasteiger partial charge >= 0.3 is 5.69 Å². The molecule has 0 saturated heterocycles. The maximum Gasteiger partial charge on any atom is 0.337 e. The van der Waals surface area contributed by atoms with Crippen LogP contribution in [0.5, 0.6) is 0 Å². The molecule has 4 rings (SSSR count). The number of halogens is 1. The van der Waals surface area contributed by atoms with Crippen molar-refractivity contribution < 1.29 is 0 Å². The zero-order valence-electron chi connectivity index (χ0n) is 16.7. The van der Waals surface area contributed by atoms with E-state index in [9.17, 15) is 9.59 Å². The lowest BCUT2D eigenvalue weighted by atomic mass is 10.1. The minimum absolute atomic E-state index is 0.273. The Balaban J connectivity index is 2.08. The van der Waals surface area contributed by atoms with Gasteiger partial charge in [0.15, 0.2) is 0 Å². The first-order valence-electron chi connectivity index (χ1n) is 9.36. The lowest BCUT2D eigenvalue weighted by Crippen LogP contribution is -2.39. The van der Waals surface area contributed by atoms with Gasteiger partial charge in [-0.1, -0.05) is 35.9 Å². The lowest BCUT2D eigenvalue weighted by molar-refractivity contribution is 0.719. The van der Waals surface area contributed by atoms with E-state index in [-0.39, 0.29) is 11.2 Å². The van der Waals surface area contributed by atoms with Gasteiger partial charge in [0, 0.05) is 9.90 Å². The monoisotopic (exact) mass is 424 g/mol. The number of rotatable bonds is 3. The number of hydrogen-bond donors (Lipinski definition) is 0. The summed E-state index contributed by atoms with van der Waals surface area (Å²) in [6.07, 6.45) is 0. The molecule has 0 bridgehead atoms. The van der Waals surface area contributed by atoms with Crippen LogP contribution >= 0.6 is 22.9 Å². The smallest absolute Gasteiger partial charge is 0.279 e. The van der Waals surface area contributed by atoms with Gasteiger partial charge in [-0.2, -0.15) is 0 Å². The van der Waals surface area contributed by atoms with Gasteiger partial charge in [-0.05, 0) is 68.1 Å². The van der Waals surface area contributed by atoms with Crippen LogP contribution in [0.1, 0.15) is 27.1 Å². The van der Waals surface area contributed by atoms with Gasteiger partial charge in [0.2, 0.25) is 0 Å². The highest BCUT2D eigenvalue weighted by molar-refractivity contribution is 7.18. The van der Waals surface area contributed by atoms with Crippen LogP contribution in [0.15, 0.2) is 52.1 Å². The van der Waals surface area contributed by atoms with Gasteiger partial charge in [-0.15, -0.1) is 11.3 Å². The summed E-state index contributed by atoms with van der Waals surface area (Å²) in [5.41, 5.74) is 3.86. The molecule has 0 spiro atoms. The van der Waals surface area contributed by atoms with Crippen LogP contribution in [-0.2, 0) is 6.54 Å². The maximum absolute atomic E-state index is 13.5. The lowest BCUT2D eigenvalue weighted by Gasteiger charge is -2.14. The van der Waals surface area contributed by atoms with E-state index < -0.39 is 0 Å². The zero-order valence-corrected chi connectivity index (χ0v) is 18.3. The van der Waals surface area contributed by atoms with Gasteiger partial charge in [-0.25, -0.2) is 9.36 Å². The second-order valence-electron chi connectivity index (χ2n) is 7.33. The van der Waals surface area contributed by atoms with Crippen molar-refractivity contribution >= 4 is 33.2 Å². The average molecular weight is 425 g/mol. The predicted molar refractivity (Wildman–Crippen MR) is 121 cm³/mol. The standard InChI is InChI=1S/C23H21ClN2O2S/c1-13-9-10-18(11-14(13)2)26-21(27)20-15(3)16(4)29-22(20)25(23(26)28)12-17-7-5-6-8-19(17)24/h5-11H,12H2,1-4H3. The van der Waals surface area contributed by atoms with Crippen molar-refractivity contribution in [3.8, 4) is 5.69 Å². The molecule has 0 unspecified atom stereocenters. The van der Waals surface area contributed by atoms with Crippen molar-refractivity contribution in [2.24, 2.45) is 0 Å². The summed E-state index contributed by atoms with van der Waals surface area (Å²) >= 11 is 7.83. The molecule has 4 aromatic rings. The largest absolute Gasteiger partial charge is 0.337 e. The van der Waals surface area contributed by atoms with Crippen LogP contribution in [0.4, 0.5) is 0 Å². The van der Waals surface area contributed by atoms with Crippen molar-refractivity contribution in [3.05, 3.63) is 95.5 Å². The summed E-state index contributed by atoms with van der Waals surface area (Å²) in [7, 11) is 0. The van der Waals surface area contributed by atoms with Gasteiger partial charge < -0.3 is 0 Å². The van der Waals surface area contributed by atoms with Crippen LogP contribution in [0, 0.1) is 27.7 Å². The van der Waals surface area contributed by atoms with E-state index in [0.29, 0.717) is 27.5 Å². The van der Waals surface area contributed by atoms with Gasteiger partial charge in [0.05, 0.1) is 17.6 Å². The van der Waals surface area contributed by atoms with Gasteiger partial charge in [0.25, 0.3) is 5.56 Å². The molecule has 0 N–H and O–H groups in total. The summed E-state index contributed by atoms with van der Waals surface area (Å²) in [5, 5.41) is 1.19. The predicted octanol–water partition coefficient (Wildman–Crippen LogP) is 5.15. The fourth-order valence-corrected chi connectivity index (χ4v) is 4.82. The number of fused-ring (bicyclic) bond motifs is 1. The highest BCUT2D eigenvalue weighted by Gasteiger charge is 2.20. The molecule has 0 radical (unpaired) electrons. The number of hydrogen-bond acceptors (Lipinski definition) is 3. The van der Waals surface area contributed by atoms with Crippen LogP contribution in [0.3, 0.4) is 0 Å². The number of aromatic nitrogens is 2. The fraction of sp³-hybridized carbons (Fsp3) is 0.217. The Labute approximate surface area is 177 Å². The van der Waals surface area contributed by atoms with E-state index in [0.717, 1.165) is 27.1 Å². The summed E-state index contributed by atoms with van der Waals surface area (Å²) in [6, 6.07) is 13.1. The molecule has 0 aliphatic carbocycles. The normalized spacial score (nSPS) is 11.3. The molecule has 2 aromatic heterocycles. The maximum atomic E-state index is 13.5. The Bertz CT molecular complexity index is 1380. The highest BCUT2D eigenvalue weighted by Crippen LogP contribution is 2.28. The summed E-state index contributed by atoms with van der Waals surface area (Å²) < 4.78 is 2.95. The molecule has 148 valence electrons. The third-order valence-electron chi connectivity index (χ3n) is 5.49. The Morgan fingerprint density at radius 3 is 2.38 bits per heavy atom. The van der Waals surface area contributed by atoms with Crippen molar-refractivity contribution in [2.45, 2.75) is 34.2 Å². The minimum atomic E-state index is -0.355. The molecule has 0 saturated carbocycles. The van der Waals surface area contributed by atoms with Crippen LogP contribution in [0.2, 0.25) is 5.02 Å². The topological polar surface area (TPSA) is 44.0 Å². The second kappa shape index (κ2) is 7.32. The van der Waals surface area contributed by atoms with E-state index >= 15 is 0 Å². The second-order valence-corrected chi connectivity index (χ2v) is 8.94. The number of nitrogens with zero attached hydrogens (tertiary/aromatic N) is 2. The molecular weight excluding hydrogens is 404 g/mol. The average Bonchev–Trinajstić information content (AvgIpc) is 2.98. The molecule has 6 heteroatoms. The fourth-order valence-electron chi connectivity index (χ4n) is 3.49. The zero-order chi connectivity index (χ0) is 20.9. The van der Waals surface area contributed by atoms with Crippen molar-refractivity contribution in [3.63, 3.8) is 0 Å². The van der Waals surface area contributed by atoms with E-state index in [4.69, 9.17) is 11.6 Å². The van der Waals surface area contributed by atoms with Crippen LogP contribution in [-0.4, -0.2) is 9.13 Å². The first-order valence-corrected chi connectivity index (χ1v) is 10.6. The Hall–Kier alpha value is -2.63. The number of benzene rings is 2. The third kappa shape index (κ3) is 3.24. The molecule has 4 nitrogen and oxygen atoms in total. The Morgan fingerprint density at radius 2 is 1.69 bits per heavy atom. The summed E-state index contributed by atoms with van der Waals surface area (Å²) in [4.78, 5) is 28.6. The van der Waals surface area contributed by atoms with E-state index in [1.165, 1.54) is 15.9 Å². The number of aryl methyl sites for hydroxylation is 4. The molecule has 0 aliphatic heterocycles. The minimum Gasteiger partial charge on any atom is -0.279 e. The first kappa shape index (κ1) is 19.7. The summed E-state index contributed by atoms with van der Waals surface area (Å²) in [6.45, 7) is 8.20. The van der Waals surface area contributed by atoms with E-state index in [2.05, 4.69) is 0 Å². The van der Waals surface area contributed by atoms with E-state index in [1.807, 2.05) is 70.2 Å². The molecule has 0 aliphatic rings. The summed E-state index contributed by atoms with van der Waals surface area (Å²) in [5.74, 6) is 0. The van der Waals surface area contributed by atoms with E-state index in [1.54, 1.807) is 4.57 Å². The van der Waals surface area contributed by atoms with Crippen molar-refractivity contribution in [1.82, 2.24) is 9.13 Å². The molecule has 0 fully saturated rings. The first-order chi connectivity index (χ1) is 13.8.